The molecule has 3 aliphatic carbocycles. The van der Waals surface area contributed by atoms with E-state index >= 15 is 0 Å². The van der Waals surface area contributed by atoms with Gasteiger partial charge in [0.1, 0.15) is 0 Å². The molecule has 0 aromatic rings. The molecule has 0 spiro atoms. The van der Waals surface area contributed by atoms with Crippen LogP contribution >= 0.6 is 0 Å². The van der Waals surface area contributed by atoms with Gasteiger partial charge < -0.3 is 15.0 Å². The molecule has 5 atom stereocenters. The van der Waals surface area contributed by atoms with Crippen LogP contribution in [0.15, 0.2) is 0 Å². The van der Waals surface area contributed by atoms with E-state index in [-0.39, 0.29) is 24.8 Å². The Labute approximate surface area is 117 Å². The molecule has 4 heteroatoms. The zero-order chi connectivity index (χ0) is 14.0. The second-order valence-electron chi connectivity index (χ2n) is 8.13. The van der Waals surface area contributed by atoms with E-state index in [0.717, 1.165) is 18.8 Å². The van der Waals surface area contributed by atoms with Crippen LogP contribution in [0.1, 0.15) is 53.9 Å². The van der Waals surface area contributed by atoms with Crippen LogP contribution in [0.25, 0.3) is 0 Å². The normalized spacial score (nSPS) is 45.0. The van der Waals surface area contributed by atoms with Gasteiger partial charge in [-0.15, -0.1) is 0 Å². The highest BCUT2D eigenvalue weighted by Gasteiger charge is 2.68. The summed E-state index contributed by atoms with van der Waals surface area (Å²) in [6.07, 6.45) is 3.67. The predicted molar refractivity (Wildman–Crippen MR) is 77.5 cm³/mol. The lowest BCUT2D eigenvalue weighted by Gasteiger charge is -2.64. The van der Waals surface area contributed by atoms with Crippen molar-refractivity contribution >= 4 is 7.12 Å². The van der Waals surface area contributed by atoms with Gasteiger partial charge in [0.25, 0.3) is 0 Å². The molecule has 0 unspecified atom stereocenters. The first-order chi connectivity index (χ1) is 8.75. The molecule has 1 saturated heterocycles. The van der Waals surface area contributed by atoms with Gasteiger partial charge in [-0.3, -0.25) is 0 Å². The summed E-state index contributed by atoms with van der Waals surface area (Å²) in [5.41, 5.74) is 6.56. The van der Waals surface area contributed by atoms with Gasteiger partial charge in [-0.05, 0) is 49.4 Å². The topological polar surface area (TPSA) is 44.5 Å². The Morgan fingerprint density at radius 2 is 1.95 bits per heavy atom. The van der Waals surface area contributed by atoms with Gasteiger partial charge in [-0.1, -0.05) is 27.7 Å². The van der Waals surface area contributed by atoms with Crippen molar-refractivity contribution < 1.29 is 9.31 Å². The molecular formula is C15H28BNO2. The minimum Gasteiger partial charge on any atom is -0.404 e. The van der Waals surface area contributed by atoms with Crippen LogP contribution in [0.3, 0.4) is 0 Å². The second-order valence-corrected chi connectivity index (χ2v) is 8.13. The van der Waals surface area contributed by atoms with Crippen molar-refractivity contribution in [2.45, 2.75) is 71.5 Å². The van der Waals surface area contributed by atoms with E-state index < -0.39 is 0 Å². The molecule has 0 aromatic carbocycles. The number of nitrogens with two attached hydrogens (primary N) is 1. The van der Waals surface area contributed by atoms with Gasteiger partial charge in [0.15, 0.2) is 0 Å². The van der Waals surface area contributed by atoms with E-state index in [2.05, 4.69) is 34.6 Å². The average molecular weight is 265 g/mol. The number of hydrogen-bond acceptors (Lipinski definition) is 3. The fourth-order valence-corrected chi connectivity index (χ4v) is 4.74. The maximum Gasteiger partial charge on any atom is 0.475 e. The summed E-state index contributed by atoms with van der Waals surface area (Å²) in [5.74, 6) is 2.02. The lowest BCUT2D eigenvalue weighted by molar-refractivity contribution is -0.199. The molecular weight excluding hydrogens is 237 g/mol. The monoisotopic (exact) mass is 265 g/mol. The van der Waals surface area contributed by atoms with E-state index in [1.807, 2.05) is 0 Å². The molecule has 2 N–H and O–H groups in total. The minimum atomic E-state index is -0.201. The third-order valence-corrected chi connectivity index (χ3v) is 6.06. The van der Waals surface area contributed by atoms with E-state index in [4.69, 9.17) is 15.0 Å². The van der Waals surface area contributed by atoms with Crippen molar-refractivity contribution in [3.05, 3.63) is 0 Å². The van der Waals surface area contributed by atoms with E-state index in [1.165, 1.54) is 6.42 Å². The molecule has 2 bridgehead atoms. The van der Waals surface area contributed by atoms with Crippen LogP contribution in [0.5, 0.6) is 0 Å². The smallest absolute Gasteiger partial charge is 0.404 e. The molecule has 108 valence electrons. The summed E-state index contributed by atoms with van der Waals surface area (Å²) in [7, 11) is -0.201. The molecule has 19 heavy (non-hydrogen) atoms. The van der Waals surface area contributed by atoms with Crippen LogP contribution in [0.2, 0.25) is 0 Å². The van der Waals surface area contributed by atoms with Crippen molar-refractivity contribution in [1.29, 1.82) is 0 Å². The molecule has 0 amide bonds. The van der Waals surface area contributed by atoms with Gasteiger partial charge in [-0.25, -0.2) is 0 Å². The first-order valence-electron chi connectivity index (χ1n) is 7.84. The lowest BCUT2D eigenvalue weighted by Crippen LogP contribution is -2.65. The van der Waals surface area contributed by atoms with E-state index in [0.29, 0.717) is 17.3 Å². The van der Waals surface area contributed by atoms with Crippen LogP contribution in [0.4, 0.5) is 0 Å². The first kappa shape index (κ1) is 13.9. The summed E-state index contributed by atoms with van der Waals surface area (Å²) < 4.78 is 12.5. The van der Waals surface area contributed by atoms with Gasteiger partial charge in [0.2, 0.25) is 0 Å². The van der Waals surface area contributed by atoms with Crippen molar-refractivity contribution in [3.8, 4) is 0 Å². The Bertz CT molecular complexity index is 373. The van der Waals surface area contributed by atoms with Crippen LogP contribution in [-0.4, -0.2) is 24.8 Å². The Morgan fingerprint density at radius 1 is 1.26 bits per heavy atom. The highest BCUT2D eigenvalue weighted by Crippen LogP contribution is 2.65. The summed E-state index contributed by atoms with van der Waals surface area (Å²) in [5, 5.41) is 0. The third-order valence-electron chi connectivity index (χ3n) is 6.06. The molecule has 3 saturated carbocycles. The molecule has 1 heterocycles. The Morgan fingerprint density at radius 3 is 2.53 bits per heavy atom. The molecule has 4 aliphatic rings. The van der Waals surface area contributed by atoms with Gasteiger partial charge in [0.05, 0.1) is 11.7 Å². The fourth-order valence-electron chi connectivity index (χ4n) is 4.74. The fraction of sp³-hybridized carbons (Fsp3) is 1.00. The van der Waals surface area contributed by atoms with Gasteiger partial charge in [0, 0.05) is 5.94 Å². The Hall–Kier alpha value is -0.0551. The first-order valence-corrected chi connectivity index (χ1v) is 7.84. The van der Waals surface area contributed by atoms with Crippen LogP contribution < -0.4 is 5.73 Å². The molecule has 4 rings (SSSR count). The minimum absolute atomic E-state index is 0.00253. The summed E-state index contributed by atoms with van der Waals surface area (Å²) in [6, 6.07) is 0. The van der Waals surface area contributed by atoms with Crippen molar-refractivity contribution in [3.63, 3.8) is 0 Å². The Balaban J connectivity index is 1.74. The molecule has 3 nitrogen and oxygen atoms in total. The molecule has 0 aromatic heterocycles. The van der Waals surface area contributed by atoms with Gasteiger partial charge in [-0.2, -0.15) is 0 Å². The van der Waals surface area contributed by atoms with Crippen molar-refractivity contribution in [2.24, 2.45) is 28.9 Å². The van der Waals surface area contributed by atoms with Gasteiger partial charge >= 0.3 is 7.12 Å². The zero-order valence-electron chi connectivity index (χ0n) is 13.0. The maximum absolute atomic E-state index is 6.35. The third kappa shape index (κ3) is 1.90. The SMILES string of the molecule is CC(C)C[C@H](N)B1O[C@H]2C[C@@H]3C[C@@H](C3(C)C)[C@]2(C)O1. The molecule has 0 radical (unpaired) electrons. The standard InChI is InChI=1S/C15H28BNO2/c1-9(2)6-13(17)16-18-12-8-10-7-11(14(10,3)4)15(12,5)19-16/h9-13H,6-8,17H2,1-5H3/t10-,11-,12-,13-,15-/m0/s1. The highest BCUT2D eigenvalue weighted by molar-refractivity contribution is 6.47. The summed E-state index contributed by atoms with van der Waals surface area (Å²) in [6.45, 7) is 11.4. The quantitative estimate of drug-likeness (QED) is 0.798. The largest absolute Gasteiger partial charge is 0.475 e. The van der Waals surface area contributed by atoms with E-state index in [9.17, 15) is 0 Å². The number of hydrogen-bond donors (Lipinski definition) is 1. The summed E-state index contributed by atoms with van der Waals surface area (Å²) >= 11 is 0. The molecule has 4 fully saturated rings. The highest BCUT2D eigenvalue weighted by atomic mass is 16.7. The zero-order valence-corrected chi connectivity index (χ0v) is 13.0. The maximum atomic E-state index is 6.35. The average Bonchev–Trinajstić information content (AvgIpc) is 2.64. The van der Waals surface area contributed by atoms with Crippen LogP contribution in [0, 0.1) is 23.2 Å². The van der Waals surface area contributed by atoms with E-state index in [1.54, 1.807) is 0 Å². The van der Waals surface area contributed by atoms with Crippen molar-refractivity contribution in [1.82, 2.24) is 0 Å². The summed E-state index contributed by atoms with van der Waals surface area (Å²) in [4.78, 5) is 0. The van der Waals surface area contributed by atoms with Crippen molar-refractivity contribution in [2.75, 3.05) is 0 Å². The number of rotatable bonds is 3. The predicted octanol–water partition coefficient (Wildman–Crippen LogP) is 2.63. The van der Waals surface area contributed by atoms with Crippen LogP contribution in [-0.2, 0) is 9.31 Å². The second kappa shape index (κ2) is 4.22. The Kier molecular flexibility index (Phi) is 3.09. The lowest BCUT2D eigenvalue weighted by atomic mass is 9.43. The molecule has 1 aliphatic heterocycles.